The zero-order valence-electron chi connectivity index (χ0n) is 17.4. The first-order valence-corrected chi connectivity index (χ1v) is 12.0. The van der Waals surface area contributed by atoms with Crippen LogP contribution in [0.2, 0.25) is 0 Å². The summed E-state index contributed by atoms with van der Waals surface area (Å²) < 4.78 is 27.0. The van der Waals surface area contributed by atoms with Gasteiger partial charge >= 0.3 is 0 Å². The van der Waals surface area contributed by atoms with Crippen molar-refractivity contribution in [2.24, 2.45) is 5.92 Å². The van der Waals surface area contributed by atoms with Crippen molar-refractivity contribution in [2.75, 3.05) is 18.4 Å². The molecule has 3 heterocycles. The molecule has 1 saturated heterocycles. The summed E-state index contributed by atoms with van der Waals surface area (Å²) >= 11 is 0. The van der Waals surface area contributed by atoms with E-state index in [1.54, 1.807) is 4.31 Å². The number of anilines is 1. The van der Waals surface area contributed by atoms with E-state index >= 15 is 0 Å². The minimum Gasteiger partial charge on any atom is -0.351 e. The number of aromatic amines is 1. The van der Waals surface area contributed by atoms with Gasteiger partial charge in [-0.25, -0.2) is 17.7 Å². The van der Waals surface area contributed by atoms with Gasteiger partial charge in [0, 0.05) is 31.0 Å². The topological polar surface area (TPSA) is 104 Å². The first kappa shape index (κ1) is 20.7. The summed E-state index contributed by atoms with van der Waals surface area (Å²) in [5.41, 5.74) is 2.53. The highest BCUT2D eigenvalue weighted by Gasteiger charge is 2.28. The average molecular weight is 429 g/mol. The molecule has 9 heteroatoms. The molecule has 0 amide bonds. The highest BCUT2D eigenvalue weighted by Crippen LogP contribution is 2.21. The number of rotatable bonds is 7. The van der Waals surface area contributed by atoms with Gasteiger partial charge in [-0.1, -0.05) is 44.2 Å². The molecular weight excluding hydrogens is 400 g/mol. The van der Waals surface area contributed by atoms with Crippen molar-refractivity contribution in [2.45, 2.75) is 44.9 Å². The Morgan fingerprint density at radius 3 is 2.63 bits per heavy atom. The lowest BCUT2D eigenvalue weighted by atomic mass is 10.1. The zero-order chi connectivity index (χ0) is 21.1. The molecular formula is C21H28N6O2S. The van der Waals surface area contributed by atoms with E-state index in [0.29, 0.717) is 43.4 Å². The first-order valence-electron chi connectivity index (χ1n) is 10.4. The Morgan fingerprint density at radius 2 is 1.93 bits per heavy atom. The number of sulfonamides is 1. The maximum Gasteiger partial charge on any atom is 0.224 e. The molecule has 2 aromatic heterocycles. The Balaban J connectivity index is 1.35. The molecule has 30 heavy (non-hydrogen) atoms. The number of aromatic nitrogens is 4. The molecule has 8 nitrogen and oxygen atoms in total. The summed E-state index contributed by atoms with van der Waals surface area (Å²) in [6, 6.07) is 9.45. The van der Waals surface area contributed by atoms with Crippen LogP contribution in [-0.2, 0) is 22.2 Å². The van der Waals surface area contributed by atoms with Gasteiger partial charge in [0.15, 0.2) is 5.65 Å². The predicted octanol–water partition coefficient (Wildman–Crippen LogP) is 2.96. The van der Waals surface area contributed by atoms with Gasteiger partial charge in [-0.2, -0.15) is 10.1 Å². The summed E-state index contributed by atoms with van der Waals surface area (Å²) in [7, 11) is -3.31. The predicted molar refractivity (Wildman–Crippen MR) is 118 cm³/mol. The van der Waals surface area contributed by atoms with E-state index in [2.05, 4.69) is 39.3 Å². The Hall–Kier alpha value is -2.52. The van der Waals surface area contributed by atoms with Crippen molar-refractivity contribution >= 4 is 27.0 Å². The average Bonchev–Trinajstić information content (AvgIpc) is 3.10. The van der Waals surface area contributed by atoms with Gasteiger partial charge in [-0.3, -0.25) is 5.10 Å². The van der Waals surface area contributed by atoms with Crippen molar-refractivity contribution in [1.29, 1.82) is 0 Å². The number of nitrogens with one attached hydrogen (secondary N) is 2. The Morgan fingerprint density at radius 1 is 1.20 bits per heavy atom. The molecule has 2 N–H and O–H groups in total. The minimum atomic E-state index is -3.31. The van der Waals surface area contributed by atoms with Crippen molar-refractivity contribution in [3.05, 3.63) is 47.8 Å². The van der Waals surface area contributed by atoms with Crippen LogP contribution in [0.3, 0.4) is 0 Å². The molecule has 1 aromatic carbocycles. The van der Waals surface area contributed by atoms with Crippen molar-refractivity contribution in [3.8, 4) is 0 Å². The molecule has 0 aliphatic carbocycles. The number of nitrogens with zero attached hydrogens (tertiary/aromatic N) is 4. The third-order valence-electron chi connectivity index (χ3n) is 5.38. The lowest BCUT2D eigenvalue weighted by Gasteiger charge is -2.31. The van der Waals surface area contributed by atoms with Gasteiger partial charge in [-0.15, -0.1) is 0 Å². The highest BCUT2D eigenvalue weighted by molar-refractivity contribution is 7.88. The maximum absolute atomic E-state index is 12.7. The lowest BCUT2D eigenvalue weighted by Crippen LogP contribution is -2.43. The molecule has 1 aliphatic heterocycles. The van der Waals surface area contributed by atoms with E-state index < -0.39 is 10.0 Å². The molecule has 1 fully saturated rings. The second-order valence-corrected chi connectivity index (χ2v) is 10.3. The van der Waals surface area contributed by atoms with Gasteiger partial charge in [0.05, 0.1) is 11.1 Å². The van der Waals surface area contributed by atoms with E-state index in [0.717, 1.165) is 23.1 Å². The van der Waals surface area contributed by atoms with Crippen LogP contribution in [0.15, 0.2) is 36.5 Å². The number of piperidine rings is 1. The van der Waals surface area contributed by atoms with Gasteiger partial charge in [0.2, 0.25) is 16.0 Å². The van der Waals surface area contributed by atoms with E-state index in [9.17, 15) is 8.42 Å². The van der Waals surface area contributed by atoms with Gasteiger partial charge < -0.3 is 5.32 Å². The number of hydrogen-bond acceptors (Lipinski definition) is 6. The van der Waals surface area contributed by atoms with Crippen LogP contribution in [0.4, 0.5) is 5.95 Å². The summed E-state index contributed by atoms with van der Waals surface area (Å²) in [6.07, 6.45) is 4.15. The van der Waals surface area contributed by atoms with Crippen LogP contribution >= 0.6 is 0 Å². The van der Waals surface area contributed by atoms with Gasteiger partial charge in [-0.05, 0) is 30.7 Å². The lowest BCUT2D eigenvalue weighted by molar-refractivity contribution is 0.329. The minimum absolute atomic E-state index is 0.0452. The fraction of sp³-hybridized carbons (Fsp3) is 0.476. The SMILES string of the molecule is CC(C)Cc1[nH]nc2nc(NC3CCN(S(=O)(=O)Cc4ccccc4)CC3)ncc12. The normalized spacial score (nSPS) is 16.4. The standard InChI is InChI=1S/C21H28N6O2S/c1-15(2)12-19-18-13-22-21(24-20(18)26-25-19)23-17-8-10-27(11-9-17)30(28,29)14-16-6-4-3-5-7-16/h3-7,13,15,17H,8-12,14H2,1-2H3,(H2,22,23,24,25,26). The van der Waals surface area contributed by atoms with Crippen LogP contribution in [0, 0.1) is 5.92 Å². The van der Waals surface area contributed by atoms with Gasteiger partial charge in [0.25, 0.3) is 0 Å². The smallest absolute Gasteiger partial charge is 0.224 e. The highest BCUT2D eigenvalue weighted by atomic mass is 32.2. The third kappa shape index (κ3) is 4.79. The van der Waals surface area contributed by atoms with Crippen LogP contribution in [0.1, 0.15) is 37.9 Å². The van der Waals surface area contributed by atoms with E-state index in [1.165, 1.54) is 0 Å². The third-order valence-corrected chi connectivity index (χ3v) is 7.23. The molecule has 0 bridgehead atoms. The number of benzene rings is 1. The molecule has 0 saturated carbocycles. The molecule has 1 aliphatic rings. The van der Waals surface area contributed by atoms with Gasteiger partial charge in [0.1, 0.15) is 0 Å². The number of hydrogen-bond donors (Lipinski definition) is 2. The summed E-state index contributed by atoms with van der Waals surface area (Å²) in [5.74, 6) is 1.11. The van der Waals surface area contributed by atoms with Crippen LogP contribution in [0.5, 0.6) is 0 Å². The second-order valence-electron chi connectivity index (χ2n) is 8.29. The Kier molecular flexibility index (Phi) is 6.01. The van der Waals surface area contributed by atoms with Crippen LogP contribution in [0.25, 0.3) is 11.0 Å². The van der Waals surface area contributed by atoms with E-state index in [1.807, 2.05) is 36.5 Å². The largest absolute Gasteiger partial charge is 0.351 e. The number of H-pyrrole nitrogens is 1. The summed E-state index contributed by atoms with van der Waals surface area (Å²) in [6.45, 7) is 5.32. The maximum atomic E-state index is 12.7. The van der Waals surface area contributed by atoms with Crippen LogP contribution < -0.4 is 5.32 Å². The summed E-state index contributed by atoms with van der Waals surface area (Å²) in [4.78, 5) is 8.98. The second kappa shape index (κ2) is 8.69. The van der Waals surface area contributed by atoms with E-state index in [-0.39, 0.29) is 11.8 Å². The Bertz CT molecular complexity index is 1090. The molecule has 160 valence electrons. The van der Waals surface area contributed by atoms with Crippen molar-refractivity contribution < 1.29 is 8.42 Å². The van der Waals surface area contributed by atoms with Crippen LogP contribution in [-0.4, -0.2) is 52.0 Å². The molecule has 0 radical (unpaired) electrons. The number of fused-ring (bicyclic) bond motifs is 1. The molecule has 3 aromatic rings. The zero-order valence-corrected chi connectivity index (χ0v) is 18.2. The monoisotopic (exact) mass is 428 g/mol. The molecule has 0 atom stereocenters. The summed E-state index contributed by atoms with van der Waals surface area (Å²) in [5, 5.41) is 11.7. The quantitative estimate of drug-likeness (QED) is 0.600. The van der Waals surface area contributed by atoms with E-state index in [4.69, 9.17) is 0 Å². The molecule has 0 unspecified atom stereocenters. The fourth-order valence-electron chi connectivity index (χ4n) is 3.82. The molecule has 4 rings (SSSR count). The first-order chi connectivity index (χ1) is 14.4. The van der Waals surface area contributed by atoms with Crippen molar-refractivity contribution in [3.63, 3.8) is 0 Å². The molecule has 0 spiro atoms. The fourth-order valence-corrected chi connectivity index (χ4v) is 5.39. The Labute approximate surface area is 177 Å². The van der Waals surface area contributed by atoms with Crippen molar-refractivity contribution in [1.82, 2.24) is 24.5 Å².